The van der Waals surface area contributed by atoms with Crippen LogP contribution in [0.3, 0.4) is 0 Å². The first-order chi connectivity index (χ1) is 8.63. The van der Waals surface area contributed by atoms with Gasteiger partial charge >= 0.3 is 0 Å². The molecule has 2 N–H and O–H groups in total. The summed E-state index contributed by atoms with van der Waals surface area (Å²) in [5.74, 6) is -0.267. The van der Waals surface area contributed by atoms with Gasteiger partial charge in [-0.3, -0.25) is 9.78 Å². The van der Waals surface area contributed by atoms with Crippen molar-refractivity contribution in [2.45, 2.75) is 13.0 Å². The van der Waals surface area contributed by atoms with Gasteiger partial charge in [-0.1, -0.05) is 11.6 Å². The van der Waals surface area contributed by atoms with Crippen molar-refractivity contribution in [3.63, 3.8) is 0 Å². The fourth-order valence-corrected chi connectivity index (χ4v) is 1.88. The van der Waals surface area contributed by atoms with Crippen LogP contribution in [0.25, 0.3) is 10.9 Å². The maximum atomic E-state index is 12.0. The molecule has 1 heterocycles. The summed E-state index contributed by atoms with van der Waals surface area (Å²) in [5.41, 5.74) is 1.02. The van der Waals surface area contributed by atoms with Gasteiger partial charge in [-0.15, -0.1) is 0 Å². The van der Waals surface area contributed by atoms with Crippen molar-refractivity contribution in [1.29, 1.82) is 0 Å². The first kappa shape index (κ1) is 12.8. The summed E-state index contributed by atoms with van der Waals surface area (Å²) in [6.45, 7) is 1.62. The van der Waals surface area contributed by atoms with Crippen LogP contribution < -0.4 is 5.32 Å². The Balaban J connectivity index is 2.45. The monoisotopic (exact) mass is 264 g/mol. The first-order valence-electron chi connectivity index (χ1n) is 5.58. The molecule has 1 aromatic carbocycles. The Labute approximate surface area is 110 Å². The summed E-state index contributed by atoms with van der Waals surface area (Å²) >= 11 is 6.06. The van der Waals surface area contributed by atoms with Gasteiger partial charge in [-0.25, -0.2) is 0 Å². The SMILES string of the molecule is CC(CO)NC(=O)c1ccc(Cl)c2cccnc12. The van der Waals surface area contributed by atoms with Crippen LogP contribution in [0.4, 0.5) is 0 Å². The highest BCUT2D eigenvalue weighted by Crippen LogP contribution is 2.24. The van der Waals surface area contributed by atoms with E-state index in [2.05, 4.69) is 10.3 Å². The number of nitrogens with one attached hydrogen (secondary N) is 1. The van der Waals surface area contributed by atoms with Gasteiger partial charge in [0.15, 0.2) is 0 Å². The van der Waals surface area contributed by atoms with Crippen LogP contribution in [0.1, 0.15) is 17.3 Å². The number of carbonyl (C=O) groups excluding carboxylic acids is 1. The number of hydrogen-bond donors (Lipinski definition) is 2. The quantitative estimate of drug-likeness (QED) is 0.891. The summed E-state index contributed by atoms with van der Waals surface area (Å²) in [6.07, 6.45) is 1.62. The van der Waals surface area contributed by atoms with Crippen molar-refractivity contribution >= 4 is 28.4 Å². The van der Waals surface area contributed by atoms with E-state index >= 15 is 0 Å². The van der Waals surface area contributed by atoms with E-state index in [9.17, 15) is 4.79 Å². The summed E-state index contributed by atoms with van der Waals surface area (Å²) in [4.78, 5) is 16.2. The zero-order valence-electron chi connectivity index (χ0n) is 9.85. The summed E-state index contributed by atoms with van der Waals surface area (Å²) in [6, 6.07) is 6.59. The lowest BCUT2D eigenvalue weighted by Gasteiger charge is -2.12. The number of halogens is 1. The molecule has 0 aliphatic heterocycles. The first-order valence-corrected chi connectivity index (χ1v) is 5.96. The molecule has 2 rings (SSSR count). The van der Waals surface area contributed by atoms with Gasteiger partial charge in [0.05, 0.1) is 22.7 Å². The van der Waals surface area contributed by atoms with E-state index in [4.69, 9.17) is 16.7 Å². The van der Waals surface area contributed by atoms with Crippen LogP contribution in [0.5, 0.6) is 0 Å². The molecule has 1 unspecified atom stereocenters. The highest BCUT2D eigenvalue weighted by Gasteiger charge is 2.14. The van der Waals surface area contributed by atoms with Gasteiger partial charge in [0.25, 0.3) is 5.91 Å². The molecule has 0 aliphatic rings. The van der Waals surface area contributed by atoms with Crippen LogP contribution in [-0.2, 0) is 0 Å². The summed E-state index contributed by atoms with van der Waals surface area (Å²) in [5, 5.41) is 12.9. The minimum absolute atomic E-state index is 0.106. The van der Waals surface area contributed by atoms with Crippen molar-refractivity contribution in [1.82, 2.24) is 10.3 Å². The third-order valence-corrected chi connectivity index (χ3v) is 2.94. The van der Waals surface area contributed by atoms with Gasteiger partial charge in [-0.2, -0.15) is 0 Å². The molecule has 2 aromatic rings. The number of carbonyl (C=O) groups is 1. The van der Waals surface area contributed by atoms with Crippen LogP contribution >= 0.6 is 11.6 Å². The van der Waals surface area contributed by atoms with Gasteiger partial charge in [0.2, 0.25) is 0 Å². The molecule has 5 heteroatoms. The average Bonchev–Trinajstić information content (AvgIpc) is 2.39. The van der Waals surface area contributed by atoms with E-state index in [-0.39, 0.29) is 18.6 Å². The fourth-order valence-electron chi connectivity index (χ4n) is 1.67. The molecule has 1 amide bonds. The van der Waals surface area contributed by atoms with E-state index in [0.29, 0.717) is 16.1 Å². The number of amides is 1. The third-order valence-electron chi connectivity index (χ3n) is 2.61. The van der Waals surface area contributed by atoms with Crippen LogP contribution in [0.15, 0.2) is 30.5 Å². The Morgan fingerprint density at radius 2 is 2.28 bits per heavy atom. The van der Waals surface area contributed by atoms with Crippen LogP contribution in [0, 0.1) is 0 Å². The number of hydrogen-bond acceptors (Lipinski definition) is 3. The van der Waals surface area contributed by atoms with E-state index in [1.165, 1.54) is 0 Å². The largest absolute Gasteiger partial charge is 0.394 e. The normalized spacial score (nSPS) is 12.4. The van der Waals surface area contributed by atoms with Crippen molar-refractivity contribution in [2.24, 2.45) is 0 Å². The Bertz CT molecular complexity index is 586. The molecule has 0 fully saturated rings. The number of aromatic nitrogens is 1. The number of rotatable bonds is 3. The molecule has 18 heavy (non-hydrogen) atoms. The number of fused-ring (bicyclic) bond motifs is 1. The smallest absolute Gasteiger partial charge is 0.253 e. The second-order valence-electron chi connectivity index (χ2n) is 4.05. The predicted octanol–water partition coefficient (Wildman–Crippen LogP) is 2.00. The van der Waals surface area contributed by atoms with Gasteiger partial charge in [-0.05, 0) is 31.2 Å². The van der Waals surface area contributed by atoms with Crippen molar-refractivity contribution in [3.8, 4) is 0 Å². The molecule has 94 valence electrons. The molecule has 4 nitrogen and oxygen atoms in total. The second-order valence-corrected chi connectivity index (χ2v) is 4.46. The van der Waals surface area contributed by atoms with Gasteiger partial charge in [0, 0.05) is 17.6 Å². The van der Waals surface area contributed by atoms with Gasteiger partial charge < -0.3 is 10.4 Å². The standard InChI is InChI=1S/C13H13ClN2O2/c1-8(7-17)16-13(18)10-4-5-11(14)9-3-2-6-15-12(9)10/h2-6,8,17H,7H2,1H3,(H,16,18). The van der Waals surface area contributed by atoms with E-state index in [0.717, 1.165) is 5.39 Å². The zero-order chi connectivity index (χ0) is 13.1. The van der Waals surface area contributed by atoms with E-state index in [1.807, 2.05) is 6.07 Å². The minimum atomic E-state index is -0.299. The Kier molecular flexibility index (Phi) is 3.79. The maximum Gasteiger partial charge on any atom is 0.253 e. The van der Waals surface area contributed by atoms with Crippen molar-refractivity contribution < 1.29 is 9.90 Å². The molecule has 0 radical (unpaired) electrons. The van der Waals surface area contributed by atoms with Crippen LogP contribution in [-0.4, -0.2) is 28.6 Å². The lowest BCUT2D eigenvalue weighted by molar-refractivity contribution is 0.0924. The molecule has 1 atom stereocenters. The molecule has 0 spiro atoms. The average molecular weight is 265 g/mol. The van der Waals surface area contributed by atoms with Crippen molar-refractivity contribution in [3.05, 3.63) is 41.0 Å². The van der Waals surface area contributed by atoms with Crippen LogP contribution in [0.2, 0.25) is 5.02 Å². The molecule has 0 bridgehead atoms. The number of nitrogens with zero attached hydrogens (tertiary/aromatic N) is 1. The Morgan fingerprint density at radius 3 is 3.00 bits per heavy atom. The van der Waals surface area contributed by atoms with Crippen molar-refractivity contribution in [2.75, 3.05) is 6.61 Å². The Morgan fingerprint density at radius 1 is 1.50 bits per heavy atom. The molecule has 0 aliphatic carbocycles. The molecule has 1 aromatic heterocycles. The number of benzene rings is 1. The summed E-state index contributed by atoms with van der Waals surface area (Å²) < 4.78 is 0. The highest BCUT2D eigenvalue weighted by atomic mass is 35.5. The zero-order valence-corrected chi connectivity index (χ0v) is 10.6. The van der Waals surface area contributed by atoms with E-state index < -0.39 is 0 Å². The number of aliphatic hydroxyl groups excluding tert-OH is 1. The highest BCUT2D eigenvalue weighted by molar-refractivity contribution is 6.36. The number of aliphatic hydroxyl groups is 1. The summed E-state index contributed by atoms with van der Waals surface area (Å²) in [7, 11) is 0. The predicted molar refractivity (Wildman–Crippen MR) is 70.8 cm³/mol. The lowest BCUT2D eigenvalue weighted by atomic mass is 10.1. The van der Waals surface area contributed by atoms with Gasteiger partial charge in [0.1, 0.15) is 0 Å². The minimum Gasteiger partial charge on any atom is -0.394 e. The Hall–Kier alpha value is -1.65. The molecule has 0 saturated carbocycles. The molecular weight excluding hydrogens is 252 g/mol. The molecule has 0 saturated heterocycles. The topological polar surface area (TPSA) is 62.2 Å². The second kappa shape index (κ2) is 5.33. The van der Waals surface area contributed by atoms with E-state index in [1.54, 1.807) is 31.3 Å². The number of pyridine rings is 1. The molecular formula is C13H13ClN2O2. The fraction of sp³-hybridized carbons (Fsp3) is 0.231. The lowest BCUT2D eigenvalue weighted by Crippen LogP contribution is -2.35. The maximum absolute atomic E-state index is 12.0. The third kappa shape index (κ3) is 2.44.